The Hall–Kier alpha value is -3.02. The molecule has 6 nitrogen and oxygen atoms in total. The molecule has 124 valence electrons. The lowest BCUT2D eigenvalue weighted by Gasteiger charge is -2.11. The first-order valence-corrected chi connectivity index (χ1v) is 7.33. The van der Waals surface area contributed by atoms with E-state index in [1.54, 1.807) is 18.2 Å². The maximum atomic E-state index is 12.9. The highest BCUT2D eigenvalue weighted by Gasteiger charge is 2.21. The topological polar surface area (TPSA) is 78.9 Å². The smallest absolute Gasteiger partial charge is 0.343 e. The normalized spacial score (nSPS) is 10.8. The lowest BCUT2D eigenvalue weighted by molar-refractivity contribution is -0.142. The molecule has 0 saturated carbocycles. The maximum absolute atomic E-state index is 12.9. The highest BCUT2D eigenvalue weighted by Crippen LogP contribution is 2.32. The Labute approximate surface area is 137 Å². The second-order valence-corrected chi connectivity index (χ2v) is 5.39. The molecule has 0 unspecified atom stereocenters. The Bertz CT molecular complexity index is 950. The van der Waals surface area contributed by atoms with Gasteiger partial charge in [0.15, 0.2) is 12.4 Å². The van der Waals surface area contributed by atoms with Crippen molar-refractivity contribution in [3.63, 3.8) is 0 Å². The molecule has 6 heteroatoms. The van der Waals surface area contributed by atoms with Crippen molar-refractivity contribution in [1.82, 2.24) is 0 Å². The molecule has 3 aromatic rings. The van der Waals surface area contributed by atoms with E-state index in [-0.39, 0.29) is 16.9 Å². The van der Waals surface area contributed by atoms with E-state index in [4.69, 9.17) is 13.6 Å². The highest BCUT2D eigenvalue weighted by atomic mass is 16.6. The molecule has 0 atom stereocenters. The number of carbonyl (C=O) groups is 1. The van der Waals surface area contributed by atoms with Crippen LogP contribution in [0.15, 0.2) is 44.2 Å². The number of methoxy groups -OCH3 is 1. The van der Waals surface area contributed by atoms with Crippen molar-refractivity contribution in [3.8, 4) is 17.3 Å². The van der Waals surface area contributed by atoms with Gasteiger partial charge in [-0.3, -0.25) is 4.79 Å². The molecule has 0 spiro atoms. The van der Waals surface area contributed by atoms with Crippen molar-refractivity contribution >= 4 is 16.9 Å². The Morgan fingerprint density at radius 2 is 2.04 bits per heavy atom. The number of furan rings is 1. The number of ether oxygens (including phenoxy) is 2. The Balaban J connectivity index is 2.26. The number of carbonyl (C=O) groups excluding carboxylic acids is 1. The quantitative estimate of drug-likeness (QED) is 0.684. The van der Waals surface area contributed by atoms with Crippen molar-refractivity contribution in [2.75, 3.05) is 13.7 Å². The van der Waals surface area contributed by atoms with Gasteiger partial charge in [0.1, 0.15) is 5.58 Å². The van der Waals surface area contributed by atoms with Crippen LogP contribution in [0.4, 0.5) is 0 Å². The number of aryl methyl sites for hydroxylation is 2. The van der Waals surface area contributed by atoms with E-state index in [0.717, 1.165) is 11.1 Å². The zero-order valence-corrected chi connectivity index (χ0v) is 13.5. The number of fused-ring (bicyclic) bond motifs is 1. The number of esters is 1. The van der Waals surface area contributed by atoms with Gasteiger partial charge < -0.3 is 18.3 Å². The summed E-state index contributed by atoms with van der Waals surface area (Å²) in [6.45, 7) is 3.35. The molecule has 0 radical (unpaired) electrons. The summed E-state index contributed by atoms with van der Waals surface area (Å²) in [5.41, 5.74) is 1.85. The summed E-state index contributed by atoms with van der Waals surface area (Å²) in [5, 5.41) is 0.391. The van der Waals surface area contributed by atoms with Crippen LogP contribution < -0.4 is 10.2 Å². The molecule has 3 rings (SSSR count). The predicted molar refractivity (Wildman–Crippen MR) is 87.2 cm³/mol. The molecule has 0 aliphatic heterocycles. The van der Waals surface area contributed by atoms with E-state index in [1.165, 1.54) is 13.4 Å². The zero-order valence-electron chi connectivity index (χ0n) is 13.5. The number of rotatable bonds is 4. The van der Waals surface area contributed by atoms with Gasteiger partial charge in [0.25, 0.3) is 0 Å². The van der Waals surface area contributed by atoms with Crippen LogP contribution in [0.2, 0.25) is 0 Å². The monoisotopic (exact) mass is 328 g/mol. The third-order valence-corrected chi connectivity index (χ3v) is 3.59. The fraction of sp³-hybridized carbons (Fsp3) is 0.222. The summed E-state index contributed by atoms with van der Waals surface area (Å²) in [4.78, 5) is 24.2. The van der Waals surface area contributed by atoms with E-state index in [0.29, 0.717) is 16.7 Å². The first-order valence-electron chi connectivity index (χ1n) is 7.33. The fourth-order valence-electron chi connectivity index (χ4n) is 2.52. The van der Waals surface area contributed by atoms with Crippen molar-refractivity contribution < 1.29 is 23.1 Å². The van der Waals surface area contributed by atoms with Crippen LogP contribution >= 0.6 is 0 Å². The second-order valence-electron chi connectivity index (χ2n) is 5.39. The molecule has 24 heavy (non-hydrogen) atoms. The van der Waals surface area contributed by atoms with Gasteiger partial charge in [0.2, 0.25) is 16.9 Å². The molecule has 2 heterocycles. The third kappa shape index (κ3) is 2.78. The molecule has 0 aliphatic rings. The first-order chi connectivity index (χ1) is 11.5. The molecule has 1 aromatic carbocycles. The average molecular weight is 328 g/mol. The zero-order chi connectivity index (χ0) is 17.3. The minimum Gasteiger partial charge on any atom is -0.474 e. The summed E-state index contributed by atoms with van der Waals surface area (Å²) in [5.74, 6) is -0.185. The van der Waals surface area contributed by atoms with Crippen molar-refractivity contribution in [2.24, 2.45) is 0 Å². The van der Waals surface area contributed by atoms with E-state index in [2.05, 4.69) is 4.74 Å². The molecule has 2 aromatic heterocycles. The minimum atomic E-state index is -0.597. The Kier molecular flexibility index (Phi) is 4.12. The van der Waals surface area contributed by atoms with Gasteiger partial charge in [-0.15, -0.1) is 0 Å². The summed E-state index contributed by atoms with van der Waals surface area (Å²) >= 11 is 0. The van der Waals surface area contributed by atoms with Crippen LogP contribution in [0, 0.1) is 13.8 Å². The van der Waals surface area contributed by atoms with Crippen molar-refractivity contribution in [3.05, 3.63) is 51.9 Å². The minimum absolute atomic E-state index is 0.0761. The fourth-order valence-corrected chi connectivity index (χ4v) is 2.52. The molecule has 0 aliphatic carbocycles. The maximum Gasteiger partial charge on any atom is 0.343 e. The predicted octanol–water partition coefficient (Wildman–Crippen LogP) is 3.22. The van der Waals surface area contributed by atoms with Crippen LogP contribution in [0.25, 0.3) is 22.5 Å². The molecular formula is C18H16O6. The Morgan fingerprint density at radius 1 is 1.25 bits per heavy atom. The van der Waals surface area contributed by atoms with Gasteiger partial charge in [0, 0.05) is 0 Å². The van der Waals surface area contributed by atoms with Gasteiger partial charge in [-0.05, 0) is 43.2 Å². The number of hydrogen-bond acceptors (Lipinski definition) is 6. The van der Waals surface area contributed by atoms with Gasteiger partial charge in [-0.2, -0.15) is 0 Å². The van der Waals surface area contributed by atoms with Gasteiger partial charge >= 0.3 is 5.97 Å². The van der Waals surface area contributed by atoms with Crippen LogP contribution in [-0.2, 0) is 9.53 Å². The molecular weight excluding hydrogens is 312 g/mol. The van der Waals surface area contributed by atoms with Crippen molar-refractivity contribution in [1.29, 1.82) is 0 Å². The van der Waals surface area contributed by atoms with Gasteiger partial charge in [-0.1, -0.05) is 6.07 Å². The van der Waals surface area contributed by atoms with Crippen LogP contribution in [0.3, 0.4) is 0 Å². The molecule has 0 fully saturated rings. The van der Waals surface area contributed by atoms with Crippen molar-refractivity contribution in [2.45, 2.75) is 13.8 Å². The van der Waals surface area contributed by atoms with Gasteiger partial charge in [0.05, 0.1) is 18.8 Å². The van der Waals surface area contributed by atoms with E-state index >= 15 is 0 Å². The second kappa shape index (κ2) is 6.23. The number of benzene rings is 1. The van der Waals surface area contributed by atoms with Crippen LogP contribution in [0.1, 0.15) is 11.1 Å². The largest absolute Gasteiger partial charge is 0.474 e. The average Bonchev–Trinajstić information content (AvgIpc) is 3.08. The molecule has 0 saturated heterocycles. The summed E-state index contributed by atoms with van der Waals surface area (Å²) in [6.07, 6.45) is 1.46. The summed E-state index contributed by atoms with van der Waals surface area (Å²) in [7, 11) is 1.24. The first kappa shape index (κ1) is 15.9. The van der Waals surface area contributed by atoms with E-state index in [1.807, 2.05) is 19.9 Å². The molecule has 0 bridgehead atoms. The lowest BCUT2D eigenvalue weighted by atomic mass is 10.1. The Morgan fingerprint density at radius 3 is 2.71 bits per heavy atom. The van der Waals surface area contributed by atoms with Crippen LogP contribution in [-0.4, -0.2) is 19.7 Å². The third-order valence-electron chi connectivity index (χ3n) is 3.59. The van der Waals surface area contributed by atoms with Gasteiger partial charge in [-0.25, -0.2) is 4.79 Å². The summed E-state index contributed by atoms with van der Waals surface area (Å²) in [6, 6.07) is 6.97. The SMILES string of the molecule is COC(=O)COc1c(-c2ccco2)oc2c(C)cc(C)cc2c1=O. The number of hydrogen-bond donors (Lipinski definition) is 0. The standard InChI is InChI=1S/C18H16O6/c1-10-7-11(2)16-12(8-10)15(20)18(23-9-14(19)21-3)17(24-16)13-5-4-6-22-13/h4-8H,9H2,1-3H3. The van der Waals surface area contributed by atoms with Crippen LogP contribution in [0.5, 0.6) is 5.75 Å². The van der Waals surface area contributed by atoms with E-state index < -0.39 is 12.6 Å². The molecule has 0 amide bonds. The highest BCUT2D eigenvalue weighted by molar-refractivity contribution is 5.84. The lowest BCUT2D eigenvalue weighted by Crippen LogP contribution is -2.17. The molecule has 0 N–H and O–H groups in total. The van der Waals surface area contributed by atoms with E-state index in [9.17, 15) is 9.59 Å². The summed E-state index contributed by atoms with van der Waals surface area (Å²) < 4.78 is 21.2.